The Morgan fingerprint density at radius 3 is 2.27 bits per heavy atom. The zero-order valence-electron chi connectivity index (χ0n) is 33.3. The van der Waals surface area contributed by atoms with E-state index in [9.17, 15) is 0 Å². The molecule has 13 nitrogen and oxygen atoms in total. The van der Waals surface area contributed by atoms with E-state index >= 15 is 0 Å². The van der Waals surface area contributed by atoms with Crippen LogP contribution < -0.4 is 0 Å². The summed E-state index contributed by atoms with van der Waals surface area (Å²) < 4.78 is 0. The van der Waals surface area contributed by atoms with E-state index < -0.39 is 0 Å². The van der Waals surface area contributed by atoms with Gasteiger partial charge in [0, 0.05) is 63.5 Å². The fourth-order valence-corrected chi connectivity index (χ4v) is 8.13. The molecule has 0 amide bonds. The molecule has 10 aromatic rings. The van der Waals surface area contributed by atoms with Gasteiger partial charge in [-0.2, -0.15) is 26.6 Å². The highest BCUT2D eigenvalue weighted by atomic mass is 32.1. The number of imidazole rings is 2. The van der Waals surface area contributed by atoms with Crippen LogP contribution in [-0.2, 0) is 0 Å². The summed E-state index contributed by atoms with van der Waals surface area (Å²) in [4.78, 5) is 29.5. The second kappa shape index (κ2) is 16.7. The van der Waals surface area contributed by atoms with Crippen LogP contribution in [0.5, 0.6) is 0 Å². The van der Waals surface area contributed by atoms with Crippen LogP contribution in [0.4, 0.5) is 0 Å². The standard InChI is InChI=1S/C23H22N6.C21H13N7S.C2H6/c1-3-6-18(15-7-4-5-8-15)21-14(2)26-23(27-21)22-19-11-16(17-12-24-25-13-17)9-10-20(19)28-29-22;1-2-16-15(9-12(1)17-10-22-6-7-23-17)19(28-27-16)21-25-18-14(13-4-8-29-11-13)3-5-24-20(18)26-21;1-2/h3,6-7,9-13H,1,4-5,8H2,2H3,(H,24,25)(H,26,27)(H,28,29);1-11H,(H,27,28)(H,24,25,26);1-2H3/b18-6-;;. The monoisotopic (exact) mass is 807 g/mol. The Morgan fingerprint density at radius 1 is 0.800 bits per heavy atom. The maximum absolute atomic E-state index is 4.94. The number of rotatable bonds is 8. The Labute approximate surface area is 348 Å². The highest BCUT2D eigenvalue weighted by Crippen LogP contribution is 2.36. The van der Waals surface area contributed by atoms with E-state index in [1.165, 1.54) is 12.0 Å². The first-order chi connectivity index (χ1) is 29.6. The highest BCUT2D eigenvalue weighted by molar-refractivity contribution is 7.08. The number of benzene rings is 2. The molecule has 60 heavy (non-hydrogen) atoms. The van der Waals surface area contributed by atoms with Gasteiger partial charge < -0.3 is 9.97 Å². The van der Waals surface area contributed by atoms with Gasteiger partial charge in [-0.25, -0.2) is 15.0 Å². The quantitative estimate of drug-likeness (QED) is 0.0940. The Balaban J connectivity index is 0.000000148. The number of nitrogens with zero attached hydrogens (tertiary/aromatic N) is 8. The van der Waals surface area contributed by atoms with Crippen molar-refractivity contribution in [3.8, 4) is 56.5 Å². The van der Waals surface area contributed by atoms with E-state index in [2.05, 4.69) is 116 Å². The summed E-state index contributed by atoms with van der Waals surface area (Å²) in [6.45, 7) is 9.95. The second-order valence-electron chi connectivity index (χ2n) is 13.9. The van der Waals surface area contributed by atoms with Crippen LogP contribution in [0.3, 0.4) is 0 Å². The number of allylic oxidation sites excluding steroid dienone is 5. The van der Waals surface area contributed by atoms with E-state index in [4.69, 9.17) is 9.97 Å². The molecule has 0 fully saturated rings. The predicted molar refractivity (Wildman–Crippen MR) is 241 cm³/mol. The van der Waals surface area contributed by atoms with Crippen LogP contribution in [0.25, 0.3) is 95.1 Å². The lowest BCUT2D eigenvalue weighted by Crippen LogP contribution is -1.91. The number of hydrogen-bond acceptors (Lipinski definition) is 9. The SMILES string of the molecule is C=C/C=C(/C1=CCCC1)c1nc(-c2n[nH]c3ccc(-c4cn[nH]c4)cc23)[nH]c1C.CC.c1cnc(-c2ccc3[nH]nc(-c4nc5nccc(-c6ccsc6)c5[nH]4)c3c2)cn1. The lowest BCUT2D eigenvalue weighted by molar-refractivity contribution is 0.917. The third-order valence-electron chi connectivity index (χ3n) is 10.3. The number of pyridine rings is 1. The smallest absolute Gasteiger partial charge is 0.178 e. The molecule has 8 heterocycles. The molecule has 14 heteroatoms. The van der Waals surface area contributed by atoms with Crippen LogP contribution in [-0.4, -0.2) is 65.5 Å². The minimum absolute atomic E-state index is 0.671. The number of H-pyrrole nitrogens is 5. The summed E-state index contributed by atoms with van der Waals surface area (Å²) in [5.41, 5.74) is 15.7. The lowest BCUT2D eigenvalue weighted by Gasteiger charge is -2.06. The lowest BCUT2D eigenvalue weighted by atomic mass is 10.0. The minimum Gasteiger partial charge on any atom is -0.340 e. The van der Waals surface area contributed by atoms with Gasteiger partial charge in [-0.1, -0.05) is 50.8 Å². The third-order valence-corrected chi connectivity index (χ3v) is 11.0. The number of fused-ring (bicyclic) bond motifs is 3. The number of thiophene rings is 1. The highest BCUT2D eigenvalue weighted by Gasteiger charge is 2.21. The number of aryl methyl sites for hydroxylation is 1. The maximum atomic E-state index is 4.94. The van der Waals surface area contributed by atoms with Crippen LogP contribution in [0, 0.1) is 6.92 Å². The molecule has 0 radical (unpaired) electrons. The summed E-state index contributed by atoms with van der Waals surface area (Å²) in [6.07, 6.45) is 20.2. The van der Waals surface area contributed by atoms with E-state index in [0.717, 1.165) is 108 Å². The van der Waals surface area contributed by atoms with Crippen molar-refractivity contribution in [1.82, 2.24) is 65.5 Å². The van der Waals surface area contributed by atoms with E-state index in [1.54, 1.807) is 36.1 Å². The molecule has 1 aliphatic carbocycles. The molecule has 0 aliphatic heterocycles. The molecule has 0 bridgehead atoms. The molecule has 0 saturated heterocycles. The number of nitrogens with one attached hydrogen (secondary N) is 5. The summed E-state index contributed by atoms with van der Waals surface area (Å²) >= 11 is 1.67. The van der Waals surface area contributed by atoms with E-state index in [0.29, 0.717) is 11.5 Å². The summed E-state index contributed by atoms with van der Waals surface area (Å²) in [5.74, 6) is 1.44. The van der Waals surface area contributed by atoms with Crippen molar-refractivity contribution in [1.29, 1.82) is 0 Å². The van der Waals surface area contributed by atoms with Gasteiger partial charge in [0.15, 0.2) is 17.3 Å². The average molecular weight is 808 g/mol. The minimum atomic E-state index is 0.671. The van der Waals surface area contributed by atoms with Gasteiger partial charge in [-0.15, -0.1) is 0 Å². The molecule has 0 saturated carbocycles. The van der Waals surface area contributed by atoms with Crippen molar-refractivity contribution in [2.45, 2.75) is 40.0 Å². The Morgan fingerprint density at radius 2 is 1.58 bits per heavy atom. The maximum Gasteiger partial charge on any atom is 0.178 e. The number of aromatic nitrogens is 13. The number of aromatic amines is 5. The van der Waals surface area contributed by atoms with Gasteiger partial charge in [0.05, 0.1) is 40.3 Å². The van der Waals surface area contributed by atoms with Crippen LogP contribution >= 0.6 is 11.3 Å². The molecule has 5 N–H and O–H groups in total. The van der Waals surface area contributed by atoms with Gasteiger partial charge in [0.25, 0.3) is 0 Å². The first kappa shape index (κ1) is 38.0. The van der Waals surface area contributed by atoms with Crippen molar-refractivity contribution >= 4 is 49.9 Å². The molecule has 0 atom stereocenters. The first-order valence-electron chi connectivity index (χ1n) is 19.8. The molecule has 296 valence electrons. The van der Waals surface area contributed by atoms with E-state index in [1.807, 2.05) is 56.6 Å². The van der Waals surface area contributed by atoms with Crippen molar-refractivity contribution < 1.29 is 0 Å². The molecule has 2 aromatic carbocycles. The molecule has 0 unspecified atom stereocenters. The number of hydrogen-bond donors (Lipinski definition) is 5. The fourth-order valence-electron chi connectivity index (χ4n) is 7.47. The molecule has 1 aliphatic rings. The van der Waals surface area contributed by atoms with Crippen molar-refractivity contribution in [2.24, 2.45) is 0 Å². The Kier molecular flexibility index (Phi) is 10.6. The summed E-state index contributed by atoms with van der Waals surface area (Å²) in [6, 6.07) is 16.4. The summed E-state index contributed by atoms with van der Waals surface area (Å²) in [5, 5.41) is 28.4. The fraction of sp³-hybridized carbons (Fsp3) is 0.130. The predicted octanol–water partition coefficient (Wildman–Crippen LogP) is 11.0. The zero-order valence-corrected chi connectivity index (χ0v) is 34.1. The first-order valence-corrected chi connectivity index (χ1v) is 20.7. The second-order valence-corrected chi connectivity index (χ2v) is 14.7. The van der Waals surface area contributed by atoms with Crippen LogP contribution in [0.15, 0.2) is 127 Å². The van der Waals surface area contributed by atoms with E-state index in [-0.39, 0.29) is 0 Å². The zero-order chi connectivity index (χ0) is 41.0. The van der Waals surface area contributed by atoms with Gasteiger partial charge in [-0.3, -0.25) is 25.3 Å². The molecule has 0 spiro atoms. The van der Waals surface area contributed by atoms with Crippen molar-refractivity contribution in [3.63, 3.8) is 0 Å². The summed E-state index contributed by atoms with van der Waals surface area (Å²) in [7, 11) is 0. The van der Waals surface area contributed by atoms with Gasteiger partial charge in [0.2, 0.25) is 0 Å². The molecule has 11 rings (SSSR count). The largest absolute Gasteiger partial charge is 0.340 e. The van der Waals surface area contributed by atoms with Gasteiger partial charge in [-0.05, 0) is 90.0 Å². The van der Waals surface area contributed by atoms with Crippen LogP contribution in [0.2, 0.25) is 0 Å². The third kappa shape index (κ3) is 7.24. The molecular formula is C46H41N13S. The molecular weight excluding hydrogens is 767 g/mol. The van der Waals surface area contributed by atoms with Crippen molar-refractivity contribution in [3.05, 3.63) is 138 Å². The Bertz CT molecular complexity index is 3120. The average Bonchev–Trinajstić information content (AvgIpc) is 4.14. The van der Waals surface area contributed by atoms with Gasteiger partial charge >= 0.3 is 0 Å². The normalized spacial score (nSPS) is 12.7. The van der Waals surface area contributed by atoms with Crippen LogP contribution in [0.1, 0.15) is 44.5 Å². The molecule has 8 aromatic heterocycles. The Hall–Kier alpha value is -7.58. The van der Waals surface area contributed by atoms with Crippen molar-refractivity contribution in [2.75, 3.05) is 0 Å². The van der Waals surface area contributed by atoms with Gasteiger partial charge in [0.1, 0.15) is 11.4 Å². The topological polar surface area (TPSA) is 182 Å².